The normalized spacial score (nSPS) is 29.1. The highest BCUT2D eigenvalue weighted by Gasteiger charge is 2.64. The Bertz CT molecular complexity index is 1060. The van der Waals surface area contributed by atoms with Crippen molar-refractivity contribution in [2.75, 3.05) is 33.5 Å². The van der Waals surface area contributed by atoms with E-state index in [1.54, 1.807) is 0 Å². The molecule has 0 aromatic carbocycles. The van der Waals surface area contributed by atoms with Crippen molar-refractivity contribution in [2.24, 2.45) is 0 Å². The molecule has 13 nitrogen and oxygen atoms in total. The Labute approximate surface area is 169 Å². The Morgan fingerprint density at radius 1 is 1.53 bits per heavy atom. The van der Waals surface area contributed by atoms with Gasteiger partial charge >= 0.3 is 19.4 Å². The number of aliphatic hydroxyl groups excluding tert-OH is 1. The van der Waals surface area contributed by atoms with E-state index in [1.807, 2.05) is 5.32 Å². The molecule has 2 bridgehead atoms. The standard InChI is InChI=1S/C16H20N3O10P/c1-26-30(2,25)29-11-10-13(28-16(11,7-20)8-27-10)19-6-9(12(21)18-14(19)22)4-3-5-17-15(23)24/h6,10-11,13,17,20H,5,7-8H2,1-2H3,(H,23,24)(H,18,21,22). The van der Waals surface area contributed by atoms with Crippen LogP contribution in [0.1, 0.15) is 11.8 Å². The summed E-state index contributed by atoms with van der Waals surface area (Å²) in [7, 11) is -2.27. The van der Waals surface area contributed by atoms with Crippen LogP contribution in [0, 0.1) is 11.8 Å². The molecule has 1 aromatic heterocycles. The molecule has 2 aliphatic heterocycles. The third kappa shape index (κ3) is 4.20. The molecule has 2 saturated heterocycles. The van der Waals surface area contributed by atoms with Gasteiger partial charge in [-0.2, -0.15) is 0 Å². The second-order valence-corrected chi connectivity index (χ2v) is 8.78. The van der Waals surface area contributed by atoms with E-state index in [4.69, 9.17) is 23.6 Å². The molecule has 5 unspecified atom stereocenters. The minimum atomic E-state index is -3.48. The van der Waals surface area contributed by atoms with Crippen LogP contribution in [0.3, 0.4) is 0 Å². The average molecular weight is 445 g/mol. The van der Waals surface area contributed by atoms with Crippen molar-refractivity contribution in [1.29, 1.82) is 0 Å². The molecule has 0 radical (unpaired) electrons. The van der Waals surface area contributed by atoms with Crippen molar-refractivity contribution in [1.82, 2.24) is 14.9 Å². The van der Waals surface area contributed by atoms with Gasteiger partial charge in [-0.1, -0.05) is 11.8 Å². The second-order valence-electron chi connectivity index (χ2n) is 6.66. The molecule has 1 aromatic rings. The molecule has 0 spiro atoms. The predicted molar refractivity (Wildman–Crippen MR) is 99.3 cm³/mol. The number of nitrogens with one attached hydrogen (secondary N) is 2. The first-order valence-corrected chi connectivity index (χ1v) is 10.6. The number of hydrogen-bond acceptors (Lipinski definition) is 9. The third-order valence-electron chi connectivity index (χ3n) is 4.67. The van der Waals surface area contributed by atoms with Gasteiger partial charge in [0.2, 0.25) is 0 Å². The van der Waals surface area contributed by atoms with Gasteiger partial charge in [-0.15, -0.1) is 0 Å². The van der Waals surface area contributed by atoms with E-state index in [-0.39, 0.29) is 18.7 Å². The molecular formula is C16H20N3O10P. The van der Waals surface area contributed by atoms with E-state index in [2.05, 4.69) is 16.8 Å². The van der Waals surface area contributed by atoms with Crippen LogP contribution < -0.4 is 16.6 Å². The first kappa shape index (κ1) is 22.2. The molecule has 3 heterocycles. The lowest BCUT2D eigenvalue weighted by Crippen LogP contribution is -2.45. The van der Waals surface area contributed by atoms with E-state index < -0.39 is 55.6 Å². The van der Waals surface area contributed by atoms with Gasteiger partial charge in [0.15, 0.2) is 6.23 Å². The Hall–Kier alpha value is -2.46. The molecule has 2 aliphatic rings. The first-order valence-electron chi connectivity index (χ1n) is 8.65. The number of ether oxygens (including phenoxy) is 2. The maximum Gasteiger partial charge on any atom is 0.405 e. The zero-order valence-corrected chi connectivity index (χ0v) is 16.9. The van der Waals surface area contributed by atoms with Gasteiger partial charge in [-0.3, -0.25) is 23.4 Å². The smallest absolute Gasteiger partial charge is 0.405 e. The average Bonchev–Trinajstić information content (AvgIpc) is 3.18. The van der Waals surface area contributed by atoms with Crippen molar-refractivity contribution in [2.45, 2.75) is 24.0 Å². The minimum absolute atomic E-state index is 0.0648. The van der Waals surface area contributed by atoms with Gasteiger partial charge in [0.05, 0.1) is 19.8 Å². The fourth-order valence-corrected chi connectivity index (χ4v) is 3.97. The molecule has 14 heteroatoms. The molecule has 30 heavy (non-hydrogen) atoms. The van der Waals surface area contributed by atoms with Gasteiger partial charge in [-0.25, -0.2) is 9.59 Å². The predicted octanol–water partition coefficient (Wildman–Crippen LogP) is -1.33. The number of aromatic amines is 1. The lowest BCUT2D eigenvalue weighted by molar-refractivity contribution is -0.187. The van der Waals surface area contributed by atoms with Crippen molar-refractivity contribution in [3.63, 3.8) is 0 Å². The number of fused-ring (bicyclic) bond motifs is 2. The Balaban J connectivity index is 1.93. The van der Waals surface area contributed by atoms with Crippen LogP contribution in [0.15, 0.2) is 15.8 Å². The summed E-state index contributed by atoms with van der Waals surface area (Å²) >= 11 is 0. The number of nitrogens with zero attached hydrogens (tertiary/aromatic N) is 1. The molecule has 3 rings (SSSR count). The summed E-state index contributed by atoms with van der Waals surface area (Å²) < 4.78 is 35.1. The maximum atomic E-state index is 12.4. The lowest BCUT2D eigenvalue weighted by atomic mass is 10.0. The van der Waals surface area contributed by atoms with Crippen molar-refractivity contribution in [3.05, 3.63) is 32.6 Å². The number of amides is 1. The number of aromatic nitrogens is 2. The Morgan fingerprint density at radius 2 is 2.27 bits per heavy atom. The fourth-order valence-electron chi connectivity index (χ4n) is 3.16. The van der Waals surface area contributed by atoms with Crippen molar-refractivity contribution >= 4 is 13.7 Å². The summed E-state index contributed by atoms with van der Waals surface area (Å²) in [4.78, 5) is 36.9. The highest BCUT2D eigenvalue weighted by Crippen LogP contribution is 2.54. The summed E-state index contributed by atoms with van der Waals surface area (Å²) in [6, 6.07) is 0. The molecule has 2 fully saturated rings. The number of rotatable bonds is 6. The van der Waals surface area contributed by atoms with Crippen LogP contribution >= 0.6 is 7.60 Å². The molecule has 1 amide bonds. The molecular weight excluding hydrogens is 425 g/mol. The van der Waals surface area contributed by atoms with E-state index in [9.17, 15) is 24.1 Å². The van der Waals surface area contributed by atoms with Crippen LogP contribution in [0.4, 0.5) is 4.79 Å². The largest absolute Gasteiger partial charge is 0.465 e. The summed E-state index contributed by atoms with van der Waals surface area (Å²) in [6.45, 7) is 0.409. The van der Waals surface area contributed by atoms with E-state index >= 15 is 0 Å². The van der Waals surface area contributed by atoms with Gasteiger partial charge in [0.25, 0.3) is 5.56 Å². The first-order chi connectivity index (χ1) is 14.1. The molecule has 0 aliphatic carbocycles. The summed E-state index contributed by atoms with van der Waals surface area (Å²) in [5.41, 5.74) is -3.10. The summed E-state index contributed by atoms with van der Waals surface area (Å²) in [5, 5.41) is 20.4. The van der Waals surface area contributed by atoms with Crippen LogP contribution in [0.25, 0.3) is 0 Å². The quantitative estimate of drug-likeness (QED) is 0.303. The zero-order chi connectivity index (χ0) is 22.1. The molecule has 4 N–H and O–H groups in total. The zero-order valence-electron chi connectivity index (χ0n) is 16.0. The van der Waals surface area contributed by atoms with E-state index in [0.29, 0.717) is 0 Å². The van der Waals surface area contributed by atoms with Gasteiger partial charge in [0, 0.05) is 20.0 Å². The van der Waals surface area contributed by atoms with Crippen molar-refractivity contribution in [3.8, 4) is 11.8 Å². The van der Waals surface area contributed by atoms with E-state index in [1.165, 1.54) is 13.8 Å². The topological polar surface area (TPSA) is 178 Å². The Kier molecular flexibility index (Phi) is 6.19. The highest BCUT2D eigenvalue weighted by molar-refractivity contribution is 7.52. The number of hydrogen-bond donors (Lipinski definition) is 4. The number of H-pyrrole nitrogens is 1. The van der Waals surface area contributed by atoms with Crippen molar-refractivity contribution < 1.29 is 38.1 Å². The van der Waals surface area contributed by atoms with Gasteiger partial charge in [0.1, 0.15) is 23.4 Å². The molecule has 5 atom stereocenters. The van der Waals surface area contributed by atoms with Crippen LogP contribution in [-0.2, 0) is 23.1 Å². The number of carboxylic acid groups (broad SMARTS) is 1. The summed E-state index contributed by atoms with van der Waals surface area (Å²) in [6.07, 6.45) is -3.20. The van der Waals surface area contributed by atoms with E-state index in [0.717, 1.165) is 10.8 Å². The molecule has 164 valence electrons. The monoisotopic (exact) mass is 445 g/mol. The minimum Gasteiger partial charge on any atom is -0.465 e. The SMILES string of the molecule is COP(C)(=O)OC1C2OCC1(CO)OC2n1cc(C#CCNC(=O)O)c(=O)[nH]c1=O. The van der Waals surface area contributed by atoms with Gasteiger partial charge < -0.3 is 29.5 Å². The van der Waals surface area contributed by atoms with Crippen LogP contribution in [0.5, 0.6) is 0 Å². The number of aliphatic hydroxyl groups is 1. The highest BCUT2D eigenvalue weighted by atomic mass is 31.2. The summed E-state index contributed by atoms with van der Waals surface area (Å²) in [5.74, 6) is 4.91. The fraction of sp³-hybridized carbons (Fsp3) is 0.562. The van der Waals surface area contributed by atoms with Crippen LogP contribution in [0.2, 0.25) is 0 Å². The maximum absolute atomic E-state index is 12.4. The second kappa shape index (κ2) is 8.35. The Morgan fingerprint density at radius 3 is 2.90 bits per heavy atom. The van der Waals surface area contributed by atoms with Gasteiger partial charge in [-0.05, 0) is 0 Å². The molecule has 0 saturated carbocycles. The lowest BCUT2D eigenvalue weighted by Gasteiger charge is -2.30. The third-order valence-corrected chi connectivity index (χ3v) is 5.94. The number of carbonyl (C=O) groups is 1. The van der Waals surface area contributed by atoms with Crippen LogP contribution in [-0.4, -0.2) is 77.2 Å².